The summed E-state index contributed by atoms with van der Waals surface area (Å²) < 4.78 is 6.15. The highest BCUT2D eigenvalue weighted by Crippen LogP contribution is 2.30. The van der Waals surface area contributed by atoms with E-state index < -0.39 is 5.60 Å². The second-order valence-corrected chi connectivity index (χ2v) is 8.91. The molecule has 170 valence electrons. The monoisotopic (exact) mass is 435 g/mol. The zero-order valence-electron chi connectivity index (χ0n) is 18.9. The van der Waals surface area contributed by atoms with Crippen LogP contribution in [-0.4, -0.2) is 53.5 Å². The van der Waals surface area contributed by atoms with Gasteiger partial charge in [0.2, 0.25) is 5.91 Å². The summed E-state index contributed by atoms with van der Waals surface area (Å²) >= 11 is 0. The lowest BCUT2D eigenvalue weighted by molar-refractivity contribution is -0.168. The zero-order valence-corrected chi connectivity index (χ0v) is 18.9. The van der Waals surface area contributed by atoms with E-state index in [1.165, 1.54) is 6.42 Å². The van der Waals surface area contributed by atoms with Crippen LogP contribution in [0, 0.1) is 5.92 Å². The minimum absolute atomic E-state index is 0.0911. The Morgan fingerprint density at radius 1 is 1.06 bits per heavy atom. The first kappa shape index (κ1) is 22.5. The van der Waals surface area contributed by atoms with Crippen LogP contribution in [0.15, 0.2) is 48.8 Å². The van der Waals surface area contributed by atoms with E-state index in [-0.39, 0.29) is 17.7 Å². The third-order valence-corrected chi connectivity index (χ3v) is 6.66. The first-order chi connectivity index (χ1) is 15.6. The van der Waals surface area contributed by atoms with Gasteiger partial charge in [-0.15, -0.1) is 0 Å². The molecule has 2 aliphatic rings. The molecule has 1 aliphatic heterocycles. The van der Waals surface area contributed by atoms with Crippen LogP contribution in [0.4, 0.5) is 0 Å². The Kier molecular flexibility index (Phi) is 7.20. The number of rotatable bonds is 6. The van der Waals surface area contributed by atoms with Crippen LogP contribution in [-0.2, 0) is 20.7 Å². The normalized spacial score (nSPS) is 21.8. The van der Waals surface area contributed by atoms with Gasteiger partial charge in [-0.2, -0.15) is 0 Å². The number of nitrogens with one attached hydrogen (secondary N) is 1. The highest BCUT2D eigenvalue weighted by Gasteiger charge is 2.45. The van der Waals surface area contributed by atoms with Gasteiger partial charge in [0.05, 0.1) is 13.2 Å². The number of amides is 2. The Hall–Kier alpha value is -2.73. The van der Waals surface area contributed by atoms with Crippen LogP contribution in [0.1, 0.15) is 44.6 Å². The van der Waals surface area contributed by atoms with E-state index in [9.17, 15) is 9.59 Å². The molecule has 0 radical (unpaired) electrons. The Labute approximate surface area is 190 Å². The first-order valence-electron chi connectivity index (χ1n) is 11.8. The van der Waals surface area contributed by atoms with E-state index in [2.05, 4.69) is 22.4 Å². The van der Waals surface area contributed by atoms with Crippen LogP contribution >= 0.6 is 0 Å². The summed E-state index contributed by atoms with van der Waals surface area (Å²) in [5, 5.41) is 2.94. The van der Waals surface area contributed by atoms with Gasteiger partial charge in [0.25, 0.3) is 5.91 Å². The molecular formula is C26H33N3O3. The second kappa shape index (κ2) is 10.3. The van der Waals surface area contributed by atoms with Gasteiger partial charge >= 0.3 is 0 Å². The van der Waals surface area contributed by atoms with E-state index in [1.807, 2.05) is 36.1 Å². The maximum atomic E-state index is 13.2. The molecule has 1 aliphatic carbocycles. The van der Waals surface area contributed by atoms with Crippen molar-refractivity contribution in [2.24, 2.45) is 5.92 Å². The predicted octanol–water partition coefficient (Wildman–Crippen LogP) is 3.61. The largest absolute Gasteiger partial charge is 0.361 e. The SMILES string of the molecule is CCNC(=O)C1(Cc2ccc(-c3ccncc3)cc2)CN(C(=O)C2CCCCC2)CCO1. The third kappa shape index (κ3) is 5.01. The fraction of sp³-hybridized carbons (Fsp3) is 0.500. The highest BCUT2D eigenvalue weighted by molar-refractivity contribution is 5.87. The van der Waals surface area contributed by atoms with Gasteiger partial charge in [-0.05, 0) is 48.6 Å². The standard InChI is InChI=1S/C26H33N3O3/c1-2-28-25(31)26(18-20-8-10-21(11-9-20)22-12-14-27-15-13-22)19-29(16-17-32-26)24(30)23-6-4-3-5-7-23/h8-15,23H,2-7,16-19H2,1H3,(H,28,31). The second-order valence-electron chi connectivity index (χ2n) is 8.91. The molecule has 0 spiro atoms. The molecule has 2 fully saturated rings. The van der Waals surface area contributed by atoms with Gasteiger partial charge in [0.1, 0.15) is 0 Å². The minimum atomic E-state index is -1.06. The number of carbonyl (C=O) groups is 2. The molecular weight excluding hydrogens is 402 g/mol. The molecule has 0 bridgehead atoms. The quantitative estimate of drug-likeness (QED) is 0.753. The van der Waals surface area contributed by atoms with E-state index in [0.717, 1.165) is 42.4 Å². The van der Waals surface area contributed by atoms with E-state index in [1.54, 1.807) is 12.4 Å². The van der Waals surface area contributed by atoms with Gasteiger partial charge in [0.15, 0.2) is 5.60 Å². The number of carbonyl (C=O) groups excluding carboxylic acids is 2. The van der Waals surface area contributed by atoms with Crippen molar-refractivity contribution in [1.82, 2.24) is 15.2 Å². The molecule has 1 aromatic heterocycles. The molecule has 1 N–H and O–H groups in total. The van der Waals surface area contributed by atoms with Gasteiger partial charge < -0.3 is 15.0 Å². The molecule has 1 aromatic carbocycles. The number of ether oxygens (including phenoxy) is 1. The molecule has 2 amide bonds. The summed E-state index contributed by atoms with van der Waals surface area (Å²) in [6.45, 7) is 3.67. The number of pyridine rings is 1. The average molecular weight is 436 g/mol. The summed E-state index contributed by atoms with van der Waals surface area (Å²) in [6.07, 6.45) is 9.36. The minimum Gasteiger partial charge on any atom is -0.361 e. The predicted molar refractivity (Wildman–Crippen MR) is 124 cm³/mol. The smallest absolute Gasteiger partial charge is 0.254 e. The van der Waals surface area contributed by atoms with E-state index >= 15 is 0 Å². The average Bonchev–Trinajstić information content (AvgIpc) is 2.85. The van der Waals surface area contributed by atoms with E-state index in [4.69, 9.17) is 4.74 Å². The summed E-state index contributed by atoms with van der Waals surface area (Å²) in [7, 11) is 0. The van der Waals surface area contributed by atoms with Crippen molar-refractivity contribution in [2.45, 2.75) is 51.0 Å². The van der Waals surface area contributed by atoms with Crippen LogP contribution in [0.3, 0.4) is 0 Å². The maximum Gasteiger partial charge on any atom is 0.254 e. The number of hydrogen-bond acceptors (Lipinski definition) is 4. The lowest BCUT2D eigenvalue weighted by Gasteiger charge is -2.43. The summed E-state index contributed by atoms with van der Waals surface area (Å²) in [6, 6.07) is 12.2. The van der Waals surface area contributed by atoms with Gasteiger partial charge in [-0.25, -0.2) is 0 Å². The maximum absolute atomic E-state index is 13.2. The number of likely N-dealkylation sites (N-methyl/N-ethyl adjacent to an activating group) is 1. The molecule has 4 rings (SSSR count). The Morgan fingerprint density at radius 2 is 1.75 bits per heavy atom. The van der Waals surface area contributed by atoms with E-state index in [0.29, 0.717) is 32.7 Å². The molecule has 1 atom stereocenters. The number of benzene rings is 1. The lowest BCUT2D eigenvalue weighted by atomic mass is 9.86. The number of hydrogen-bond donors (Lipinski definition) is 1. The lowest BCUT2D eigenvalue weighted by Crippen LogP contribution is -2.62. The topological polar surface area (TPSA) is 71.5 Å². The van der Waals surface area contributed by atoms with Crippen molar-refractivity contribution in [3.63, 3.8) is 0 Å². The van der Waals surface area contributed by atoms with Gasteiger partial charge in [-0.3, -0.25) is 14.6 Å². The Bertz CT molecular complexity index is 910. The molecule has 2 heterocycles. The van der Waals surface area contributed by atoms with Gasteiger partial charge in [0, 0.05) is 37.8 Å². The number of nitrogens with zero attached hydrogens (tertiary/aromatic N) is 2. The van der Waals surface area contributed by atoms with Crippen molar-refractivity contribution in [3.05, 3.63) is 54.4 Å². The molecule has 1 saturated heterocycles. The Balaban J connectivity index is 1.53. The number of morpholine rings is 1. The summed E-state index contributed by atoms with van der Waals surface area (Å²) in [5.74, 6) is 0.141. The molecule has 2 aromatic rings. The van der Waals surface area contributed by atoms with Crippen molar-refractivity contribution >= 4 is 11.8 Å². The fourth-order valence-electron chi connectivity index (χ4n) is 4.92. The summed E-state index contributed by atoms with van der Waals surface area (Å²) in [4.78, 5) is 32.3. The first-order valence-corrected chi connectivity index (χ1v) is 11.8. The van der Waals surface area contributed by atoms with Crippen LogP contribution < -0.4 is 5.32 Å². The molecule has 1 saturated carbocycles. The summed E-state index contributed by atoms with van der Waals surface area (Å²) in [5.41, 5.74) is 2.16. The van der Waals surface area contributed by atoms with Crippen molar-refractivity contribution in [3.8, 4) is 11.1 Å². The van der Waals surface area contributed by atoms with Crippen molar-refractivity contribution < 1.29 is 14.3 Å². The van der Waals surface area contributed by atoms with Crippen LogP contribution in [0.2, 0.25) is 0 Å². The fourth-order valence-corrected chi connectivity index (χ4v) is 4.92. The molecule has 1 unspecified atom stereocenters. The number of aromatic nitrogens is 1. The van der Waals surface area contributed by atoms with Crippen molar-refractivity contribution in [1.29, 1.82) is 0 Å². The van der Waals surface area contributed by atoms with Gasteiger partial charge in [-0.1, -0.05) is 43.5 Å². The zero-order chi connectivity index (χ0) is 22.4. The molecule has 6 heteroatoms. The van der Waals surface area contributed by atoms with Crippen LogP contribution in [0.5, 0.6) is 0 Å². The highest BCUT2D eigenvalue weighted by atomic mass is 16.5. The molecule has 32 heavy (non-hydrogen) atoms. The van der Waals surface area contributed by atoms with Crippen molar-refractivity contribution in [2.75, 3.05) is 26.2 Å². The molecule has 6 nitrogen and oxygen atoms in total. The van der Waals surface area contributed by atoms with Crippen LogP contribution in [0.25, 0.3) is 11.1 Å². The Morgan fingerprint density at radius 3 is 2.44 bits per heavy atom. The third-order valence-electron chi connectivity index (χ3n) is 6.66.